The summed E-state index contributed by atoms with van der Waals surface area (Å²) in [6.45, 7) is 2.56. The summed E-state index contributed by atoms with van der Waals surface area (Å²) >= 11 is 0. The molecular weight excluding hydrogens is 474 g/mol. The van der Waals surface area contributed by atoms with Gasteiger partial charge in [-0.2, -0.15) is 0 Å². The molecule has 1 fully saturated rings. The predicted molar refractivity (Wildman–Crippen MR) is 139 cm³/mol. The lowest BCUT2D eigenvalue weighted by molar-refractivity contribution is -0.124. The molecule has 37 heavy (non-hydrogen) atoms. The Bertz CT molecular complexity index is 1260. The third-order valence-corrected chi connectivity index (χ3v) is 5.96. The summed E-state index contributed by atoms with van der Waals surface area (Å²) in [7, 11) is 3.10. The van der Waals surface area contributed by atoms with Gasteiger partial charge in [-0.3, -0.25) is 9.59 Å². The Hall–Kier alpha value is -4.53. The number of benzene rings is 3. The Morgan fingerprint density at radius 1 is 0.892 bits per heavy atom. The first-order valence-corrected chi connectivity index (χ1v) is 11.9. The lowest BCUT2D eigenvalue weighted by atomic mass is 10.1. The second kappa shape index (κ2) is 11.5. The number of urea groups is 1. The molecule has 1 N–H and O–H groups in total. The maximum Gasteiger partial charge on any atom is 0.332 e. The largest absolute Gasteiger partial charge is 0.497 e. The summed E-state index contributed by atoms with van der Waals surface area (Å²) in [6, 6.07) is 19.3. The maximum absolute atomic E-state index is 13.5. The fourth-order valence-electron chi connectivity index (χ4n) is 4.14. The van der Waals surface area contributed by atoms with E-state index in [1.807, 2.05) is 19.1 Å². The Morgan fingerprint density at radius 2 is 1.57 bits per heavy atom. The second-order valence-corrected chi connectivity index (χ2v) is 8.36. The summed E-state index contributed by atoms with van der Waals surface area (Å²) in [5.74, 6) is 1.06. The minimum absolute atomic E-state index is 0.134. The summed E-state index contributed by atoms with van der Waals surface area (Å²) in [4.78, 5) is 42.5. The lowest BCUT2D eigenvalue weighted by Gasteiger charge is -2.22. The predicted octanol–water partition coefficient (Wildman–Crippen LogP) is 4.47. The molecule has 3 aromatic carbocycles. The summed E-state index contributed by atoms with van der Waals surface area (Å²) in [6.07, 6.45) is -0.200. The van der Waals surface area contributed by atoms with E-state index >= 15 is 0 Å². The lowest BCUT2D eigenvalue weighted by Crippen LogP contribution is -2.37. The summed E-state index contributed by atoms with van der Waals surface area (Å²) in [5, 5.41) is 2.81. The molecule has 0 unspecified atom stereocenters. The second-order valence-electron chi connectivity index (χ2n) is 8.36. The van der Waals surface area contributed by atoms with Gasteiger partial charge in [-0.1, -0.05) is 12.1 Å². The zero-order valence-electron chi connectivity index (χ0n) is 21.0. The average molecular weight is 504 g/mol. The number of rotatable bonds is 10. The van der Waals surface area contributed by atoms with Gasteiger partial charge in [0.25, 0.3) is 5.91 Å². The smallest absolute Gasteiger partial charge is 0.332 e. The maximum atomic E-state index is 13.5. The van der Waals surface area contributed by atoms with E-state index in [1.165, 1.54) is 12.0 Å². The monoisotopic (exact) mass is 503 g/mol. The van der Waals surface area contributed by atoms with Crippen molar-refractivity contribution in [3.8, 4) is 17.2 Å². The molecule has 1 atom stereocenters. The van der Waals surface area contributed by atoms with Gasteiger partial charge in [0.15, 0.2) is 0 Å². The van der Waals surface area contributed by atoms with Crippen LogP contribution in [0.3, 0.4) is 0 Å². The van der Waals surface area contributed by atoms with E-state index in [1.54, 1.807) is 67.8 Å². The standard InChI is InChI=1S/C28H29N3O6/c1-4-37-23-12-8-20(9-13-23)29-26(32)17-25-27(33)31(21-10-14-22(35-2)15-11-21)28(34)30(25)18-19-6-5-7-24(16-19)36-3/h5-16,25H,4,17-18H2,1-3H3,(H,29,32)/t25-/m1/s1. The van der Waals surface area contributed by atoms with E-state index in [-0.39, 0.29) is 18.9 Å². The molecule has 192 valence electrons. The van der Waals surface area contributed by atoms with Crippen LogP contribution in [0.25, 0.3) is 0 Å². The third-order valence-electron chi connectivity index (χ3n) is 5.96. The van der Waals surface area contributed by atoms with Gasteiger partial charge >= 0.3 is 6.03 Å². The number of anilines is 2. The number of nitrogens with zero attached hydrogens (tertiary/aromatic N) is 2. The van der Waals surface area contributed by atoms with Crippen LogP contribution in [0.15, 0.2) is 72.8 Å². The number of ether oxygens (including phenoxy) is 3. The molecule has 0 radical (unpaired) electrons. The van der Waals surface area contributed by atoms with Gasteiger partial charge in [0.2, 0.25) is 5.91 Å². The molecular formula is C28H29N3O6. The number of carbonyl (C=O) groups excluding carboxylic acids is 3. The van der Waals surface area contributed by atoms with E-state index in [0.29, 0.717) is 35.2 Å². The highest BCUT2D eigenvalue weighted by molar-refractivity contribution is 6.22. The van der Waals surface area contributed by atoms with Crippen molar-refractivity contribution in [1.29, 1.82) is 0 Å². The van der Waals surface area contributed by atoms with Crippen LogP contribution in [0.2, 0.25) is 0 Å². The molecule has 9 nitrogen and oxygen atoms in total. The van der Waals surface area contributed by atoms with Crippen molar-refractivity contribution < 1.29 is 28.6 Å². The van der Waals surface area contributed by atoms with Gasteiger partial charge in [0.05, 0.1) is 32.9 Å². The Kier molecular flexibility index (Phi) is 7.92. The first-order chi connectivity index (χ1) is 17.9. The Labute approximate surface area is 215 Å². The number of hydrogen-bond donors (Lipinski definition) is 1. The van der Waals surface area contributed by atoms with Crippen molar-refractivity contribution >= 4 is 29.2 Å². The van der Waals surface area contributed by atoms with Gasteiger partial charge < -0.3 is 24.4 Å². The molecule has 0 saturated carbocycles. The first kappa shape index (κ1) is 25.6. The summed E-state index contributed by atoms with van der Waals surface area (Å²) < 4.78 is 15.9. The van der Waals surface area contributed by atoms with Crippen LogP contribution < -0.4 is 24.4 Å². The number of methoxy groups -OCH3 is 2. The van der Waals surface area contributed by atoms with Gasteiger partial charge in [-0.25, -0.2) is 9.69 Å². The molecule has 4 amide bonds. The zero-order valence-corrected chi connectivity index (χ0v) is 21.0. The fourth-order valence-corrected chi connectivity index (χ4v) is 4.14. The molecule has 0 bridgehead atoms. The van der Waals surface area contributed by atoms with Gasteiger partial charge in [0, 0.05) is 12.2 Å². The van der Waals surface area contributed by atoms with Gasteiger partial charge in [-0.15, -0.1) is 0 Å². The van der Waals surface area contributed by atoms with Crippen LogP contribution in [-0.4, -0.2) is 49.6 Å². The van der Waals surface area contributed by atoms with Crippen LogP contribution in [0, 0.1) is 0 Å². The molecule has 9 heteroatoms. The average Bonchev–Trinajstić information content (AvgIpc) is 3.14. The van der Waals surface area contributed by atoms with Crippen molar-refractivity contribution in [2.24, 2.45) is 0 Å². The van der Waals surface area contributed by atoms with Crippen molar-refractivity contribution in [3.63, 3.8) is 0 Å². The van der Waals surface area contributed by atoms with Crippen molar-refractivity contribution in [1.82, 2.24) is 4.90 Å². The number of hydrogen-bond acceptors (Lipinski definition) is 6. The number of imide groups is 1. The Morgan fingerprint density at radius 3 is 2.22 bits per heavy atom. The minimum Gasteiger partial charge on any atom is -0.497 e. The minimum atomic E-state index is -0.983. The summed E-state index contributed by atoms with van der Waals surface area (Å²) in [5.41, 5.74) is 1.74. The van der Waals surface area contributed by atoms with Crippen LogP contribution in [-0.2, 0) is 16.1 Å². The van der Waals surface area contributed by atoms with Gasteiger partial charge in [-0.05, 0) is 73.2 Å². The van der Waals surface area contributed by atoms with Crippen LogP contribution in [0.1, 0.15) is 18.9 Å². The number of carbonyl (C=O) groups is 3. The quantitative estimate of drug-likeness (QED) is 0.410. The van der Waals surface area contributed by atoms with Crippen molar-refractivity contribution in [2.45, 2.75) is 25.9 Å². The third kappa shape index (κ3) is 5.83. The fraction of sp³-hybridized carbons (Fsp3) is 0.250. The zero-order chi connectivity index (χ0) is 26.4. The van der Waals surface area contributed by atoms with Crippen molar-refractivity contribution in [3.05, 3.63) is 78.4 Å². The molecule has 4 rings (SSSR count). The normalized spacial score (nSPS) is 15.1. The first-order valence-electron chi connectivity index (χ1n) is 11.9. The highest BCUT2D eigenvalue weighted by Crippen LogP contribution is 2.30. The number of amides is 4. The Balaban J connectivity index is 1.57. The van der Waals surface area contributed by atoms with Crippen LogP contribution in [0.5, 0.6) is 17.2 Å². The van der Waals surface area contributed by atoms with E-state index < -0.39 is 18.0 Å². The molecule has 0 aromatic heterocycles. The molecule has 0 aliphatic carbocycles. The molecule has 1 aliphatic heterocycles. The van der Waals surface area contributed by atoms with Crippen LogP contribution in [0.4, 0.5) is 16.2 Å². The highest BCUT2D eigenvalue weighted by Gasteiger charge is 2.46. The van der Waals surface area contributed by atoms with Crippen molar-refractivity contribution in [2.75, 3.05) is 31.0 Å². The SMILES string of the molecule is CCOc1ccc(NC(=O)C[C@@H]2C(=O)N(c3ccc(OC)cc3)C(=O)N2Cc2cccc(OC)c2)cc1. The highest BCUT2D eigenvalue weighted by atomic mass is 16.5. The van der Waals surface area contributed by atoms with E-state index in [9.17, 15) is 14.4 Å². The molecule has 1 saturated heterocycles. The molecule has 3 aromatic rings. The van der Waals surface area contributed by atoms with E-state index in [2.05, 4.69) is 5.32 Å². The molecule has 1 heterocycles. The number of nitrogens with one attached hydrogen (secondary N) is 1. The van der Waals surface area contributed by atoms with E-state index in [4.69, 9.17) is 14.2 Å². The van der Waals surface area contributed by atoms with E-state index in [0.717, 1.165) is 10.5 Å². The molecule has 0 spiro atoms. The van der Waals surface area contributed by atoms with Crippen LogP contribution >= 0.6 is 0 Å². The topological polar surface area (TPSA) is 97.4 Å². The van der Waals surface area contributed by atoms with Gasteiger partial charge in [0.1, 0.15) is 23.3 Å². The molecule has 1 aliphatic rings.